The Morgan fingerprint density at radius 2 is 1.33 bits per heavy atom. The largest absolute Gasteiger partial charge is 0.274 e. The molecule has 1 heterocycles. The minimum atomic E-state index is -0.251. The Bertz CT molecular complexity index is 629. The Morgan fingerprint density at radius 3 is 1.76 bits per heavy atom. The highest BCUT2D eigenvalue weighted by Gasteiger charge is 2.49. The van der Waals surface area contributed by atoms with Gasteiger partial charge in [-0.3, -0.25) is 9.59 Å². The van der Waals surface area contributed by atoms with Crippen LogP contribution in [0.3, 0.4) is 0 Å². The van der Waals surface area contributed by atoms with Gasteiger partial charge in [-0.2, -0.15) is 0 Å². The molecule has 0 N–H and O–H groups in total. The fourth-order valence-corrected chi connectivity index (χ4v) is 3.69. The second-order valence-corrected chi connectivity index (χ2v) is 6.69. The van der Waals surface area contributed by atoms with Gasteiger partial charge in [0.05, 0.1) is 17.5 Å². The average Bonchev–Trinajstić information content (AvgIpc) is 2.62. The number of nitrogens with zero attached hydrogens (tertiary/aromatic N) is 1. The van der Waals surface area contributed by atoms with E-state index in [2.05, 4.69) is 0 Å². The zero-order chi connectivity index (χ0) is 15.3. The molecule has 1 aromatic carbocycles. The van der Waals surface area contributed by atoms with Crippen molar-refractivity contribution in [2.45, 2.75) is 26.7 Å². The molecule has 0 saturated carbocycles. The zero-order valence-corrected chi connectivity index (χ0v) is 13.3. The van der Waals surface area contributed by atoms with Gasteiger partial charge < -0.3 is 0 Å². The molecule has 0 spiro atoms. The highest BCUT2D eigenvalue weighted by Crippen LogP contribution is 2.42. The van der Waals surface area contributed by atoms with Crippen molar-refractivity contribution in [3.8, 4) is 0 Å². The lowest BCUT2D eigenvalue weighted by atomic mass is 9.78. The van der Waals surface area contributed by atoms with Gasteiger partial charge >= 0.3 is 0 Å². The summed E-state index contributed by atoms with van der Waals surface area (Å²) in [4.78, 5) is 26.5. The highest BCUT2D eigenvalue weighted by molar-refractivity contribution is 6.35. The quantitative estimate of drug-likeness (QED) is 0.573. The van der Waals surface area contributed by atoms with Crippen molar-refractivity contribution in [3.63, 3.8) is 0 Å². The van der Waals surface area contributed by atoms with Gasteiger partial charge in [0.1, 0.15) is 0 Å². The first-order chi connectivity index (χ1) is 9.88. The van der Waals surface area contributed by atoms with E-state index < -0.39 is 0 Å². The number of benzene rings is 1. The van der Waals surface area contributed by atoms with E-state index in [0.717, 1.165) is 0 Å². The van der Waals surface area contributed by atoms with Crippen LogP contribution >= 0.6 is 23.2 Å². The third kappa shape index (κ3) is 2.39. The summed E-state index contributed by atoms with van der Waals surface area (Å²) in [5.74, 6) is -0.789. The molecular formula is C16H15Cl2NO2. The Morgan fingerprint density at radius 1 is 0.905 bits per heavy atom. The smallest absolute Gasteiger partial charge is 0.238 e. The maximum atomic E-state index is 12.6. The molecule has 0 aromatic heterocycles. The molecule has 1 saturated heterocycles. The van der Waals surface area contributed by atoms with E-state index in [4.69, 9.17) is 23.2 Å². The van der Waals surface area contributed by atoms with Crippen molar-refractivity contribution in [2.75, 3.05) is 4.90 Å². The first-order valence-electron chi connectivity index (χ1n) is 6.87. The van der Waals surface area contributed by atoms with Crippen LogP contribution in [0.15, 0.2) is 29.3 Å². The molecule has 1 fully saturated rings. The van der Waals surface area contributed by atoms with E-state index in [1.54, 1.807) is 18.2 Å². The van der Waals surface area contributed by atoms with Crippen LogP contribution in [-0.2, 0) is 9.59 Å². The fourth-order valence-electron chi connectivity index (χ4n) is 3.17. The lowest BCUT2D eigenvalue weighted by Gasteiger charge is -2.23. The van der Waals surface area contributed by atoms with Crippen LogP contribution in [0.5, 0.6) is 0 Å². The Labute approximate surface area is 133 Å². The number of rotatable bonds is 1. The van der Waals surface area contributed by atoms with Crippen molar-refractivity contribution in [1.82, 2.24) is 0 Å². The molecule has 2 amide bonds. The maximum Gasteiger partial charge on any atom is 0.238 e. The topological polar surface area (TPSA) is 37.4 Å². The van der Waals surface area contributed by atoms with Gasteiger partial charge in [-0.05, 0) is 44.9 Å². The Balaban J connectivity index is 2.00. The molecule has 5 heteroatoms. The minimum Gasteiger partial charge on any atom is -0.274 e. The molecule has 2 atom stereocenters. The molecule has 110 valence electrons. The van der Waals surface area contributed by atoms with Gasteiger partial charge in [-0.1, -0.05) is 34.3 Å². The van der Waals surface area contributed by atoms with Gasteiger partial charge in [0.15, 0.2) is 0 Å². The molecule has 2 aliphatic rings. The zero-order valence-electron chi connectivity index (χ0n) is 11.8. The van der Waals surface area contributed by atoms with Crippen molar-refractivity contribution in [3.05, 3.63) is 39.4 Å². The molecule has 1 aliphatic carbocycles. The lowest BCUT2D eigenvalue weighted by molar-refractivity contribution is -0.122. The van der Waals surface area contributed by atoms with Crippen LogP contribution in [0.2, 0.25) is 10.0 Å². The number of hydrogen-bond donors (Lipinski definition) is 0. The molecule has 21 heavy (non-hydrogen) atoms. The van der Waals surface area contributed by atoms with Crippen LogP contribution < -0.4 is 4.90 Å². The van der Waals surface area contributed by atoms with Crippen molar-refractivity contribution in [2.24, 2.45) is 11.8 Å². The number of anilines is 1. The summed E-state index contributed by atoms with van der Waals surface area (Å²) < 4.78 is 0. The molecule has 1 aliphatic heterocycles. The fraction of sp³-hybridized carbons (Fsp3) is 0.375. The predicted octanol–water partition coefficient (Wildman–Crippen LogP) is 4.23. The summed E-state index contributed by atoms with van der Waals surface area (Å²) in [5.41, 5.74) is 2.89. The minimum absolute atomic E-state index is 0.143. The third-order valence-corrected chi connectivity index (χ3v) is 4.88. The standard InChI is InChI=1S/C16H15Cl2NO2/c1-8-3-13-14(4-9(8)2)16(21)19(15(13)20)12-6-10(17)5-11(18)7-12/h5-7,13-14H,3-4H2,1-2H3/t13-,14-/m0/s1. The van der Waals surface area contributed by atoms with E-state index in [0.29, 0.717) is 28.6 Å². The number of imide groups is 1. The van der Waals surface area contributed by atoms with Gasteiger partial charge in [0.2, 0.25) is 11.8 Å². The molecule has 0 radical (unpaired) electrons. The van der Waals surface area contributed by atoms with Gasteiger partial charge in [-0.25, -0.2) is 4.90 Å². The SMILES string of the molecule is CC1=C(C)C[C@@H]2C(=O)N(c3cc(Cl)cc(Cl)c3)C(=O)[C@H]2C1. The van der Waals surface area contributed by atoms with Crippen LogP contribution in [0.4, 0.5) is 5.69 Å². The molecule has 0 bridgehead atoms. The maximum absolute atomic E-state index is 12.6. The van der Waals surface area contributed by atoms with E-state index in [9.17, 15) is 9.59 Å². The number of hydrogen-bond acceptors (Lipinski definition) is 2. The van der Waals surface area contributed by atoms with Crippen molar-refractivity contribution in [1.29, 1.82) is 0 Å². The highest BCUT2D eigenvalue weighted by atomic mass is 35.5. The van der Waals surface area contributed by atoms with Crippen LogP contribution in [0.25, 0.3) is 0 Å². The summed E-state index contributed by atoms with van der Waals surface area (Å²) in [6.07, 6.45) is 1.32. The molecule has 1 aromatic rings. The molecule has 3 nitrogen and oxygen atoms in total. The Kier molecular flexibility index (Phi) is 3.58. The van der Waals surface area contributed by atoms with Gasteiger partial charge in [-0.15, -0.1) is 0 Å². The van der Waals surface area contributed by atoms with Crippen LogP contribution in [0, 0.1) is 11.8 Å². The van der Waals surface area contributed by atoms with E-state index in [-0.39, 0.29) is 23.7 Å². The van der Waals surface area contributed by atoms with Gasteiger partial charge in [0.25, 0.3) is 0 Å². The lowest BCUT2D eigenvalue weighted by Crippen LogP contribution is -2.30. The number of carbonyl (C=O) groups is 2. The second kappa shape index (κ2) is 5.15. The average molecular weight is 324 g/mol. The summed E-state index contributed by atoms with van der Waals surface area (Å²) >= 11 is 12.0. The molecule has 0 unspecified atom stereocenters. The Hall–Kier alpha value is -1.32. The number of amides is 2. The van der Waals surface area contributed by atoms with E-state index in [1.165, 1.54) is 16.0 Å². The van der Waals surface area contributed by atoms with Gasteiger partial charge in [0, 0.05) is 10.0 Å². The monoisotopic (exact) mass is 323 g/mol. The van der Waals surface area contributed by atoms with E-state index in [1.807, 2.05) is 13.8 Å². The van der Waals surface area contributed by atoms with Crippen molar-refractivity contribution >= 4 is 40.7 Å². The summed E-state index contributed by atoms with van der Waals surface area (Å²) in [6, 6.07) is 4.79. The van der Waals surface area contributed by atoms with Crippen LogP contribution in [-0.4, -0.2) is 11.8 Å². The summed E-state index contributed by atoms with van der Waals surface area (Å²) in [7, 11) is 0. The second-order valence-electron chi connectivity index (χ2n) is 5.82. The van der Waals surface area contributed by atoms with E-state index >= 15 is 0 Å². The van der Waals surface area contributed by atoms with Crippen molar-refractivity contribution < 1.29 is 9.59 Å². The number of halogens is 2. The predicted molar refractivity (Wildman–Crippen MR) is 83.5 cm³/mol. The first kappa shape index (κ1) is 14.6. The number of carbonyl (C=O) groups excluding carboxylic acids is 2. The third-order valence-electron chi connectivity index (χ3n) is 4.45. The number of allylic oxidation sites excluding steroid dienone is 2. The normalized spacial score (nSPS) is 25.6. The number of fused-ring (bicyclic) bond motifs is 1. The molecular weight excluding hydrogens is 309 g/mol. The first-order valence-corrected chi connectivity index (χ1v) is 7.63. The summed E-state index contributed by atoms with van der Waals surface area (Å²) in [6.45, 7) is 4.06. The van der Waals surface area contributed by atoms with Crippen LogP contribution in [0.1, 0.15) is 26.7 Å². The summed E-state index contributed by atoms with van der Waals surface area (Å²) in [5, 5.41) is 0.830. The molecule has 3 rings (SSSR count).